The lowest BCUT2D eigenvalue weighted by atomic mass is 10.2. The second kappa shape index (κ2) is 7.94. The van der Waals surface area contributed by atoms with Crippen LogP contribution in [0.4, 0.5) is 11.4 Å². The average molecular weight is 348 g/mol. The number of hydrogen-bond donors (Lipinski definition) is 1. The monoisotopic (exact) mass is 348 g/mol. The van der Waals surface area contributed by atoms with E-state index < -0.39 is 4.92 Å². The SMILES string of the molecule is O=[N+]([O-])c1ccc(N=Cc2ccc(OCc3ccccc3)cc2O)cc1. The zero-order valence-corrected chi connectivity index (χ0v) is 13.8. The van der Waals surface area contributed by atoms with E-state index in [1.807, 2.05) is 30.3 Å². The summed E-state index contributed by atoms with van der Waals surface area (Å²) in [6, 6.07) is 20.6. The third-order valence-electron chi connectivity index (χ3n) is 3.66. The van der Waals surface area contributed by atoms with Crippen molar-refractivity contribution >= 4 is 17.6 Å². The average Bonchev–Trinajstić information content (AvgIpc) is 2.67. The van der Waals surface area contributed by atoms with Gasteiger partial charge in [-0.3, -0.25) is 15.1 Å². The number of benzene rings is 3. The Hall–Kier alpha value is -3.67. The molecule has 130 valence electrons. The first-order valence-electron chi connectivity index (χ1n) is 7.90. The van der Waals surface area contributed by atoms with E-state index in [0.717, 1.165) is 5.56 Å². The molecule has 6 nitrogen and oxygen atoms in total. The highest BCUT2D eigenvalue weighted by Gasteiger charge is 2.04. The molecule has 0 atom stereocenters. The Morgan fingerprint density at radius 3 is 2.42 bits per heavy atom. The molecule has 1 N–H and O–H groups in total. The Balaban J connectivity index is 1.66. The van der Waals surface area contributed by atoms with Crippen LogP contribution in [0.25, 0.3) is 0 Å². The molecule has 0 unspecified atom stereocenters. The summed E-state index contributed by atoms with van der Waals surface area (Å²) in [7, 11) is 0. The van der Waals surface area contributed by atoms with Crippen LogP contribution in [0.15, 0.2) is 77.8 Å². The van der Waals surface area contributed by atoms with Crippen LogP contribution in [0.2, 0.25) is 0 Å². The molecule has 0 aromatic heterocycles. The number of non-ortho nitro benzene ring substituents is 1. The highest BCUT2D eigenvalue weighted by atomic mass is 16.6. The van der Waals surface area contributed by atoms with E-state index in [9.17, 15) is 15.2 Å². The van der Waals surface area contributed by atoms with Gasteiger partial charge in [-0.15, -0.1) is 0 Å². The van der Waals surface area contributed by atoms with Crippen LogP contribution in [0.5, 0.6) is 11.5 Å². The van der Waals surface area contributed by atoms with Gasteiger partial charge in [-0.2, -0.15) is 0 Å². The van der Waals surface area contributed by atoms with Crippen LogP contribution in [-0.2, 0) is 6.61 Å². The summed E-state index contributed by atoms with van der Waals surface area (Å²) in [5.41, 5.74) is 2.12. The molecule has 0 aliphatic rings. The fourth-order valence-corrected chi connectivity index (χ4v) is 2.27. The summed E-state index contributed by atoms with van der Waals surface area (Å²) in [5, 5.41) is 20.8. The van der Waals surface area contributed by atoms with Gasteiger partial charge >= 0.3 is 0 Å². The first-order chi connectivity index (χ1) is 12.6. The molecular weight excluding hydrogens is 332 g/mol. The van der Waals surface area contributed by atoms with E-state index in [0.29, 0.717) is 23.6 Å². The molecule has 3 aromatic rings. The first kappa shape index (κ1) is 17.2. The molecule has 0 saturated heterocycles. The minimum absolute atomic E-state index is 0.00622. The number of hydrogen-bond acceptors (Lipinski definition) is 5. The molecular formula is C20H16N2O4. The standard InChI is InChI=1S/C20H16N2O4/c23-20-12-19(26-14-15-4-2-1-3-5-15)11-6-16(20)13-21-17-7-9-18(10-8-17)22(24)25/h1-13,23H,14H2. The van der Waals surface area contributed by atoms with Gasteiger partial charge in [0, 0.05) is 30.0 Å². The smallest absolute Gasteiger partial charge is 0.269 e. The number of phenolic OH excluding ortho intramolecular Hbond substituents is 1. The minimum atomic E-state index is -0.465. The molecule has 0 amide bonds. The molecule has 0 radical (unpaired) electrons. The van der Waals surface area contributed by atoms with E-state index in [4.69, 9.17) is 4.74 Å². The molecule has 3 rings (SSSR count). The van der Waals surface area contributed by atoms with Gasteiger partial charge in [-0.25, -0.2) is 0 Å². The Kier molecular flexibility index (Phi) is 5.24. The number of phenols is 1. The number of nitro benzene ring substituents is 1. The Morgan fingerprint density at radius 1 is 1.04 bits per heavy atom. The minimum Gasteiger partial charge on any atom is -0.507 e. The van der Waals surface area contributed by atoms with Crippen molar-refractivity contribution in [3.63, 3.8) is 0 Å². The van der Waals surface area contributed by atoms with Crippen molar-refractivity contribution in [2.75, 3.05) is 0 Å². The van der Waals surface area contributed by atoms with Crippen LogP contribution in [-0.4, -0.2) is 16.2 Å². The quantitative estimate of drug-likeness (QED) is 0.400. The Labute approximate surface area is 150 Å². The lowest BCUT2D eigenvalue weighted by Crippen LogP contribution is -1.95. The first-order valence-corrected chi connectivity index (χ1v) is 7.90. The van der Waals surface area contributed by atoms with Crippen LogP contribution in [0.1, 0.15) is 11.1 Å². The number of nitro groups is 1. The van der Waals surface area contributed by atoms with Crippen molar-refractivity contribution in [1.29, 1.82) is 0 Å². The highest BCUT2D eigenvalue weighted by molar-refractivity contribution is 5.85. The van der Waals surface area contributed by atoms with Crippen molar-refractivity contribution in [2.24, 2.45) is 4.99 Å². The zero-order chi connectivity index (χ0) is 18.4. The predicted octanol–water partition coefficient (Wildman–Crippen LogP) is 4.63. The van der Waals surface area contributed by atoms with Gasteiger partial charge in [0.2, 0.25) is 0 Å². The fraction of sp³-hybridized carbons (Fsp3) is 0.0500. The fourth-order valence-electron chi connectivity index (χ4n) is 2.27. The molecule has 6 heteroatoms. The molecule has 0 heterocycles. The van der Waals surface area contributed by atoms with Crippen molar-refractivity contribution < 1.29 is 14.8 Å². The van der Waals surface area contributed by atoms with E-state index in [-0.39, 0.29) is 11.4 Å². The summed E-state index contributed by atoms with van der Waals surface area (Å²) in [6.45, 7) is 0.413. The van der Waals surface area contributed by atoms with Crippen LogP contribution < -0.4 is 4.74 Å². The summed E-state index contributed by atoms with van der Waals surface area (Å²) >= 11 is 0. The molecule has 0 fully saturated rings. The second-order valence-corrected chi connectivity index (χ2v) is 5.53. The number of ether oxygens (including phenoxy) is 1. The molecule has 0 bridgehead atoms. The molecule has 0 spiro atoms. The molecule has 0 aliphatic carbocycles. The van der Waals surface area contributed by atoms with Crippen LogP contribution >= 0.6 is 0 Å². The van der Waals surface area contributed by atoms with E-state index in [1.165, 1.54) is 24.4 Å². The summed E-state index contributed by atoms with van der Waals surface area (Å²) < 4.78 is 5.66. The van der Waals surface area contributed by atoms with Crippen molar-refractivity contribution in [3.05, 3.63) is 94.0 Å². The molecule has 26 heavy (non-hydrogen) atoms. The lowest BCUT2D eigenvalue weighted by molar-refractivity contribution is -0.384. The molecule has 0 aliphatic heterocycles. The molecule has 3 aromatic carbocycles. The number of aromatic hydroxyl groups is 1. The second-order valence-electron chi connectivity index (χ2n) is 5.53. The van der Waals surface area contributed by atoms with E-state index in [1.54, 1.807) is 24.3 Å². The van der Waals surface area contributed by atoms with Crippen molar-refractivity contribution in [2.45, 2.75) is 6.61 Å². The topological polar surface area (TPSA) is 85.0 Å². The number of aliphatic imine (C=N–C) groups is 1. The van der Waals surface area contributed by atoms with Crippen molar-refractivity contribution in [3.8, 4) is 11.5 Å². The van der Waals surface area contributed by atoms with Crippen molar-refractivity contribution in [1.82, 2.24) is 0 Å². The Morgan fingerprint density at radius 2 is 1.77 bits per heavy atom. The Bertz CT molecular complexity index is 922. The van der Waals surface area contributed by atoms with Gasteiger partial charge in [-0.1, -0.05) is 30.3 Å². The largest absolute Gasteiger partial charge is 0.507 e. The highest BCUT2D eigenvalue weighted by Crippen LogP contribution is 2.24. The number of nitrogens with zero attached hydrogens (tertiary/aromatic N) is 2. The lowest BCUT2D eigenvalue weighted by Gasteiger charge is -2.07. The van der Waals surface area contributed by atoms with Gasteiger partial charge in [-0.05, 0) is 29.8 Å². The van der Waals surface area contributed by atoms with Gasteiger partial charge in [0.15, 0.2) is 0 Å². The van der Waals surface area contributed by atoms with Crippen LogP contribution in [0, 0.1) is 10.1 Å². The summed E-state index contributed by atoms with van der Waals surface area (Å²) in [6.07, 6.45) is 1.50. The maximum absolute atomic E-state index is 10.6. The third-order valence-corrected chi connectivity index (χ3v) is 3.66. The van der Waals surface area contributed by atoms with Gasteiger partial charge < -0.3 is 9.84 Å². The van der Waals surface area contributed by atoms with Gasteiger partial charge in [0.1, 0.15) is 18.1 Å². The summed E-state index contributed by atoms with van der Waals surface area (Å²) in [4.78, 5) is 14.4. The normalized spacial score (nSPS) is 10.8. The number of rotatable bonds is 6. The third kappa shape index (κ3) is 4.45. The van der Waals surface area contributed by atoms with E-state index >= 15 is 0 Å². The van der Waals surface area contributed by atoms with Gasteiger partial charge in [0.25, 0.3) is 5.69 Å². The zero-order valence-electron chi connectivity index (χ0n) is 13.8. The maximum Gasteiger partial charge on any atom is 0.269 e. The van der Waals surface area contributed by atoms with Crippen LogP contribution in [0.3, 0.4) is 0 Å². The molecule has 0 saturated carbocycles. The summed E-state index contributed by atoms with van der Waals surface area (Å²) in [5.74, 6) is 0.597. The maximum atomic E-state index is 10.6. The predicted molar refractivity (Wildman–Crippen MR) is 99.2 cm³/mol. The van der Waals surface area contributed by atoms with Gasteiger partial charge in [0.05, 0.1) is 10.6 Å². The van der Waals surface area contributed by atoms with E-state index in [2.05, 4.69) is 4.99 Å².